The van der Waals surface area contributed by atoms with E-state index in [2.05, 4.69) is 43.2 Å². The molecule has 2 rings (SSSR count). The molecule has 0 atom stereocenters. The van der Waals surface area contributed by atoms with Gasteiger partial charge in [-0.1, -0.05) is 25.7 Å². The van der Waals surface area contributed by atoms with E-state index in [1.54, 1.807) is 0 Å². The summed E-state index contributed by atoms with van der Waals surface area (Å²) in [7, 11) is 0. The standard InChI is InChI=1S/C13H21IN4/c14-11-9-17-13(18-10-11)16-8-7-15-12-5-3-1-2-4-6-12/h9-10,12,15H,1-8H2,(H,16,17,18). The number of hydrogen-bond donors (Lipinski definition) is 2. The number of rotatable bonds is 5. The molecule has 1 fully saturated rings. The number of nitrogens with zero attached hydrogens (tertiary/aromatic N) is 2. The minimum Gasteiger partial charge on any atom is -0.353 e. The average Bonchev–Trinajstić information content (AvgIpc) is 2.65. The van der Waals surface area contributed by atoms with Gasteiger partial charge in [-0.25, -0.2) is 9.97 Å². The van der Waals surface area contributed by atoms with Gasteiger partial charge in [0.1, 0.15) is 0 Å². The third-order valence-electron chi connectivity index (χ3n) is 3.32. The molecule has 1 saturated carbocycles. The summed E-state index contributed by atoms with van der Waals surface area (Å²) in [6.07, 6.45) is 11.9. The van der Waals surface area contributed by atoms with Gasteiger partial charge in [0.15, 0.2) is 0 Å². The van der Waals surface area contributed by atoms with Gasteiger partial charge in [0.05, 0.1) is 0 Å². The Bertz CT molecular complexity index is 333. The van der Waals surface area contributed by atoms with Crippen molar-refractivity contribution in [1.82, 2.24) is 15.3 Å². The van der Waals surface area contributed by atoms with Crippen molar-refractivity contribution in [2.24, 2.45) is 0 Å². The largest absolute Gasteiger partial charge is 0.353 e. The molecule has 1 aromatic rings. The zero-order chi connectivity index (χ0) is 12.6. The summed E-state index contributed by atoms with van der Waals surface area (Å²) in [6, 6.07) is 0.715. The van der Waals surface area contributed by atoms with E-state index in [9.17, 15) is 0 Å². The number of anilines is 1. The van der Waals surface area contributed by atoms with Gasteiger partial charge in [0, 0.05) is 35.1 Å². The Hall–Kier alpha value is -0.430. The van der Waals surface area contributed by atoms with E-state index in [0.29, 0.717) is 6.04 Å². The van der Waals surface area contributed by atoms with Crippen LogP contribution in [-0.2, 0) is 0 Å². The summed E-state index contributed by atoms with van der Waals surface area (Å²) in [4.78, 5) is 8.44. The van der Waals surface area contributed by atoms with Gasteiger partial charge in [0.25, 0.3) is 0 Å². The van der Waals surface area contributed by atoms with Gasteiger partial charge in [-0.05, 0) is 35.4 Å². The molecule has 0 unspecified atom stereocenters. The molecule has 0 aromatic carbocycles. The molecule has 0 radical (unpaired) electrons. The van der Waals surface area contributed by atoms with Crippen LogP contribution in [0.4, 0.5) is 5.95 Å². The second-order valence-electron chi connectivity index (χ2n) is 4.79. The average molecular weight is 360 g/mol. The number of nitrogens with one attached hydrogen (secondary N) is 2. The van der Waals surface area contributed by atoms with Crippen LogP contribution in [0.15, 0.2) is 12.4 Å². The highest BCUT2D eigenvalue weighted by Gasteiger charge is 2.10. The third kappa shape index (κ3) is 5.06. The van der Waals surface area contributed by atoms with Crippen LogP contribution in [0, 0.1) is 3.57 Å². The Kier molecular flexibility index (Phi) is 6.13. The van der Waals surface area contributed by atoms with Crippen molar-refractivity contribution >= 4 is 28.5 Å². The first-order chi connectivity index (χ1) is 8.84. The maximum absolute atomic E-state index is 4.22. The fourth-order valence-corrected chi connectivity index (χ4v) is 2.62. The van der Waals surface area contributed by atoms with E-state index < -0.39 is 0 Å². The molecule has 1 aliphatic rings. The molecule has 18 heavy (non-hydrogen) atoms. The van der Waals surface area contributed by atoms with Crippen LogP contribution in [-0.4, -0.2) is 29.1 Å². The van der Waals surface area contributed by atoms with Gasteiger partial charge in [0.2, 0.25) is 5.95 Å². The van der Waals surface area contributed by atoms with Gasteiger partial charge < -0.3 is 10.6 Å². The van der Waals surface area contributed by atoms with E-state index >= 15 is 0 Å². The van der Waals surface area contributed by atoms with Crippen LogP contribution in [0.5, 0.6) is 0 Å². The Morgan fingerprint density at radius 2 is 1.72 bits per heavy atom. The van der Waals surface area contributed by atoms with Crippen LogP contribution in [0.3, 0.4) is 0 Å². The van der Waals surface area contributed by atoms with E-state index in [-0.39, 0.29) is 0 Å². The van der Waals surface area contributed by atoms with Crippen molar-refractivity contribution in [3.05, 3.63) is 16.0 Å². The van der Waals surface area contributed by atoms with Crippen LogP contribution < -0.4 is 10.6 Å². The van der Waals surface area contributed by atoms with E-state index in [1.165, 1.54) is 38.5 Å². The Labute approximate surface area is 123 Å². The first kappa shape index (κ1) is 14.0. The molecule has 0 bridgehead atoms. The van der Waals surface area contributed by atoms with Crippen molar-refractivity contribution in [2.45, 2.75) is 44.6 Å². The van der Waals surface area contributed by atoms with Crippen molar-refractivity contribution in [1.29, 1.82) is 0 Å². The number of aromatic nitrogens is 2. The highest BCUT2D eigenvalue weighted by atomic mass is 127. The van der Waals surface area contributed by atoms with Gasteiger partial charge in [-0.2, -0.15) is 0 Å². The SMILES string of the molecule is Ic1cnc(NCCNC2CCCCCC2)nc1. The predicted octanol–water partition coefficient (Wildman–Crippen LogP) is 2.81. The Morgan fingerprint density at radius 3 is 2.39 bits per heavy atom. The first-order valence-corrected chi connectivity index (χ1v) is 7.87. The second kappa shape index (κ2) is 7.89. The zero-order valence-electron chi connectivity index (χ0n) is 10.7. The van der Waals surface area contributed by atoms with E-state index in [0.717, 1.165) is 22.6 Å². The summed E-state index contributed by atoms with van der Waals surface area (Å²) in [6.45, 7) is 1.87. The molecule has 2 N–H and O–H groups in total. The van der Waals surface area contributed by atoms with Crippen LogP contribution in [0.2, 0.25) is 0 Å². The van der Waals surface area contributed by atoms with Crippen LogP contribution in [0.25, 0.3) is 0 Å². The van der Waals surface area contributed by atoms with Crippen molar-refractivity contribution in [3.63, 3.8) is 0 Å². The first-order valence-electron chi connectivity index (χ1n) is 6.79. The molecule has 1 aromatic heterocycles. The molecular formula is C13H21IN4. The lowest BCUT2D eigenvalue weighted by molar-refractivity contribution is 0.468. The second-order valence-corrected chi connectivity index (χ2v) is 6.04. The minimum atomic E-state index is 0.715. The molecular weight excluding hydrogens is 339 g/mol. The lowest BCUT2D eigenvalue weighted by Gasteiger charge is -2.16. The molecule has 0 spiro atoms. The van der Waals surface area contributed by atoms with Crippen molar-refractivity contribution in [3.8, 4) is 0 Å². The number of hydrogen-bond acceptors (Lipinski definition) is 4. The molecule has 4 nitrogen and oxygen atoms in total. The summed E-state index contributed by atoms with van der Waals surface area (Å²) in [5.74, 6) is 0.720. The smallest absolute Gasteiger partial charge is 0.222 e. The minimum absolute atomic E-state index is 0.715. The van der Waals surface area contributed by atoms with Gasteiger partial charge in [-0.3, -0.25) is 0 Å². The molecule has 0 amide bonds. The van der Waals surface area contributed by atoms with E-state index in [1.807, 2.05) is 12.4 Å². The quantitative estimate of drug-likeness (QED) is 0.482. The Morgan fingerprint density at radius 1 is 1.06 bits per heavy atom. The summed E-state index contributed by atoms with van der Waals surface area (Å²) >= 11 is 2.21. The zero-order valence-corrected chi connectivity index (χ0v) is 12.8. The van der Waals surface area contributed by atoms with Crippen LogP contribution in [0.1, 0.15) is 38.5 Å². The molecule has 5 heteroatoms. The fraction of sp³-hybridized carbons (Fsp3) is 0.692. The van der Waals surface area contributed by atoms with Crippen molar-refractivity contribution < 1.29 is 0 Å². The van der Waals surface area contributed by atoms with Gasteiger partial charge >= 0.3 is 0 Å². The van der Waals surface area contributed by atoms with Gasteiger partial charge in [-0.15, -0.1) is 0 Å². The monoisotopic (exact) mass is 360 g/mol. The summed E-state index contributed by atoms with van der Waals surface area (Å²) in [5.41, 5.74) is 0. The highest BCUT2D eigenvalue weighted by molar-refractivity contribution is 14.1. The maximum atomic E-state index is 4.22. The number of halogens is 1. The molecule has 0 saturated heterocycles. The predicted molar refractivity (Wildman–Crippen MR) is 82.7 cm³/mol. The molecule has 0 aliphatic heterocycles. The lowest BCUT2D eigenvalue weighted by Crippen LogP contribution is -2.32. The molecule has 1 aliphatic carbocycles. The third-order valence-corrected chi connectivity index (χ3v) is 3.87. The summed E-state index contributed by atoms with van der Waals surface area (Å²) in [5, 5.41) is 6.86. The highest BCUT2D eigenvalue weighted by Crippen LogP contribution is 2.16. The maximum Gasteiger partial charge on any atom is 0.222 e. The topological polar surface area (TPSA) is 49.8 Å². The van der Waals surface area contributed by atoms with Crippen LogP contribution >= 0.6 is 22.6 Å². The molecule has 1 heterocycles. The fourth-order valence-electron chi connectivity index (χ4n) is 2.34. The van der Waals surface area contributed by atoms with E-state index in [4.69, 9.17) is 0 Å². The lowest BCUT2D eigenvalue weighted by atomic mass is 10.1. The van der Waals surface area contributed by atoms with Crippen molar-refractivity contribution in [2.75, 3.05) is 18.4 Å². The normalized spacial score (nSPS) is 17.4. The molecule has 100 valence electrons. The Balaban J connectivity index is 1.61. The summed E-state index contributed by atoms with van der Waals surface area (Å²) < 4.78 is 1.06.